The van der Waals surface area contributed by atoms with Gasteiger partial charge in [-0.25, -0.2) is 4.98 Å². The number of aromatic nitrogens is 2. The molecular weight excluding hydrogens is 263 g/mol. The second kappa shape index (κ2) is 4.56. The lowest BCUT2D eigenvalue weighted by atomic mass is 10.2. The number of halogens is 3. The van der Waals surface area contributed by atoms with Gasteiger partial charge in [0.15, 0.2) is 5.16 Å². The lowest BCUT2D eigenvalue weighted by Crippen LogP contribution is -2.08. The van der Waals surface area contributed by atoms with Crippen LogP contribution in [0.2, 0.25) is 0 Å². The Balaban J connectivity index is 2.42. The van der Waals surface area contributed by atoms with Crippen LogP contribution in [0.4, 0.5) is 18.9 Å². The molecule has 2 rings (SSSR count). The lowest BCUT2D eigenvalue weighted by Gasteiger charge is -2.12. The summed E-state index contributed by atoms with van der Waals surface area (Å²) < 4.78 is 40.2. The van der Waals surface area contributed by atoms with Gasteiger partial charge >= 0.3 is 6.18 Å². The van der Waals surface area contributed by atoms with E-state index in [1.54, 1.807) is 17.8 Å². The van der Waals surface area contributed by atoms with Crippen molar-refractivity contribution in [1.29, 1.82) is 0 Å². The summed E-state index contributed by atoms with van der Waals surface area (Å²) in [4.78, 5) is 4.07. The minimum Gasteiger partial charge on any atom is -0.399 e. The maximum Gasteiger partial charge on any atom is 0.417 e. The van der Waals surface area contributed by atoms with Crippen molar-refractivity contribution in [3.05, 3.63) is 36.2 Å². The number of aryl methyl sites for hydroxylation is 1. The van der Waals surface area contributed by atoms with Gasteiger partial charge in [0.2, 0.25) is 0 Å². The normalized spacial score (nSPS) is 11.8. The highest BCUT2D eigenvalue weighted by Crippen LogP contribution is 2.39. The fraction of sp³-hybridized carbons (Fsp3) is 0.182. The average Bonchev–Trinajstić information content (AvgIpc) is 2.66. The maximum absolute atomic E-state index is 12.9. The van der Waals surface area contributed by atoms with Crippen molar-refractivity contribution in [3.63, 3.8) is 0 Å². The van der Waals surface area contributed by atoms with Crippen LogP contribution in [0, 0.1) is 0 Å². The van der Waals surface area contributed by atoms with Crippen molar-refractivity contribution >= 4 is 17.4 Å². The molecule has 0 aliphatic carbocycles. The van der Waals surface area contributed by atoms with Gasteiger partial charge in [-0.1, -0.05) is 11.8 Å². The molecular formula is C11H10F3N3S. The van der Waals surface area contributed by atoms with E-state index in [-0.39, 0.29) is 10.6 Å². The molecule has 1 heterocycles. The zero-order valence-electron chi connectivity index (χ0n) is 9.40. The van der Waals surface area contributed by atoms with Crippen molar-refractivity contribution in [1.82, 2.24) is 9.55 Å². The summed E-state index contributed by atoms with van der Waals surface area (Å²) >= 11 is 0.959. The number of nitrogens with two attached hydrogens (primary N) is 1. The Labute approximate surface area is 106 Å². The van der Waals surface area contributed by atoms with E-state index in [4.69, 9.17) is 5.73 Å². The van der Waals surface area contributed by atoms with Crippen molar-refractivity contribution < 1.29 is 13.2 Å². The van der Waals surface area contributed by atoms with Gasteiger partial charge in [0, 0.05) is 30.0 Å². The molecule has 0 saturated heterocycles. The van der Waals surface area contributed by atoms with Crippen LogP contribution in [0.1, 0.15) is 5.56 Å². The van der Waals surface area contributed by atoms with Crippen LogP contribution < -0.4 is 5.73 Å². The maximum atomic E-state index is 12.9. The topological polar surface area (TPSA) is 43.8 Å². The SMILES string of the molecule is Cn1ccnc1Sc1ccc(N)cc1C(F)(F)F. The predicted octanol–water partition coefficient (Wildman–Crippen LogP) is 3.17. The van der Waals surface area contributed by atoms with Crippen molar-refractivity contribution in [3.8, 4) is 0 Å². The van der Waals surface area contributed by atoms with E-state index < -0.39 is 11.7 Å². The molecule has 0 bridgehead atoms. The Hall–Kier alpha value is -1.63. The third-order valence-electron chi connectivity index (χ3n) is 2.29. The molecule has 0 radical (unpaired) electrons. The second-order valence-electron chi connectivity index (χ2n) is 3.68. The molecule has 1 aromatic heterocycles. The lowest BCUT2D eigenvalue weighted by molar-refractivity contribution is -0.139. The molecule has 0 saturated carbocycles. The monoisotopic (exact) mass is 273 g/mol. The second-order valence-corrected chi connectivity index (χ2v) is 4.69. The Bertz CT molecular complexity index is 563. The first kappa shape index (κ1) is 12.8. The summed E-state index contributed by atoms with van der Waals surface area (Å²) in [7, 11) is 1.72. The minimum atomic E-state index is -4.43. The highest BCUT2D eigenvalue weighted by molar-refractivity contribution is 7.99. The quantitative estimate of drug-likeness (QED) is 0.855. The molecule has 0 aliphatic rings. The highest BCUT2D eigenvalue weighted by atomic mass is 32.2. The summed E-state index contributed by atoms with van der Waals surface area (Å²) in [6.07, 6.45) is -1.22. The van der Waals surface area contributed by atoms with Gasteiger partial charge < -0.3 is 10.3 Å². The molecule has 18 heavy (non-hydrogen) atoms. The Morgan fingerprint density at radius 3 is 2.61 bits per heavy atom. The molecule has 1 aromatic carbocycles. The van der Waals surface area contributed by atoms with Gasteiger partial charge in [0.1, 0.15) is 0 Å². The van der Waals surface area contributed by atoms with E-state index in [1.165, 1.54) is 18.3 Å². The first-order valence-corrected chi connectivity index (χ1v) is 5.81. The zero-order chi connectivity index (χ0) is 13.3. The minimum absolute atomic E-state index is 0.0889. The fourth-order valence-corrected chi connectivity index (χ4v) is 2.34. The van der Waals surface area contributed by atoms with Crippen molar-refractivity contribution in [2.24, 2.45) is 7.05 Å². The van der Waals surface area contributed by atoms with Crippen LogP contribution in [0.15, 0.2) is 40.6 Å². The standard InChI is InChI=1S/C11H10F3N3S/c1-17-5-4-16-10(17)18-9-3-2-7(15)6-8(9)11(12,13)14/h2-6H,15H2,1H3. The van der Waals surface area contributed by atoms with E-state index in [0.717, 1.165) is 17.8 Å². The number of alkyl halides is 3. The molecule has 0 aliphatic heterocycles. The van der Waals surface area contributed by atoms with Crippen LogP contribution in [0.5, 0.6) is 0 Å². The van der Waals surface area contributed by atoms with E-state index in [0.29, 0.717) is 5.16 Å². The number of nitrogens with zero attached hydrogens (tertiary/aromatic N) is 2. The molecule has 96 valence electrons. The third kappa shape index (κ3) is 2.61. The predicted molar refractivity (Wildman–Crippen MR) is 63.2 cm³/mol. The smallest absolute Gasteiger partial charge is 0.399 e. The van der Waals surface area contributed by atoms with Crippen LogP contribution in [0.25, 0.3) is 0 Å². The molecule has 2 N–H and O–H groups in total. The Morgan fingerprint density at radius 1 is 1.33 bits per heavy atom. The summed E-state index contributed by atoms with van der Waals surface area (Å²) in [6, 6.07) is 3.74. The number of hydrogen-bond donors (Lipinski definition) is 1. The Kier molecular flexibility index (Phi) is 3.25. The number of benzene rings is 1. The van der Waals surface area contributed by atoms with E-state index in [2.05, 4.69) is 4.98 Å². The largest absolute Gasteiger partial charge is 0.417 e. The fourth-order valence-electron chi connectivity index (χ4n) is 1.41. The van der Waals surface area contributed by atoms with Crippen LogP contribution in [-0.2, 0) is 13.2 Å². The van der Waals surface area contributed by atoms with Gasteiger partial charge in [-0.15, -0.1) is 0 Å². The zero-order valence-corrected chi connectivity index (χ0v) is 10.2. The highest BCUT2D eigenvalue weighted by Gasteiger charge is 2.34. The summed E-state index contributed by atoms with van der Waals surface area (Å²) in [5.74, 6) is 0. The number of imidazole rings is 1. The molecule has 0 unspecified atom stereocenters. The number of rotatable bonds is 2. The van der Waals surface area contributed by atoms with Gasteiger partial charge in [0.25, 0.3) is 0 Å². The van der Waals surface area contributed by atoms with Gasteiger partial charge in [-0.3, -0.25) is 0 Å². The molecule has 0 amide bonds. The molecule has 2 aromatic rings. The van der Waals surface area contributed by atoms with E-state index in [1.807, 2.05) is 0 Å². The first-order valence-electron chi connectivity index (χ1n) is 5.00. The number of nitrogen functional groups attached to an aromatic ring is 1. The van der Waals surface area contributed by atoms with E-state index in [9.17, 15) is 13.2 Å². The van der Waals surface area contributed by atoms with Crippen LogP contribution in [0.3, 0.4) is 0 Å². The van der Waals surface area contributed by atoms with Gasteiger partial charge in [-0.05, 0) is 18.2 Å². The Morgan fingerprint density at radius 2 is 2.06 bits per heavy atom. The average molecular weight is 273 g/mol. The van der Waals surface area contributed by atoms with Crippen molar-refractivity contribution in [2.45, 2.75) is 16.2 Å². The molecule has 0 fully saturated rings. The number of anilines is 1. The first-order chi connectivity index (χ1) is 8.38. The van der Waals surface area contributed by atoms with Crippen LogP contribution >= 0.6 is 11.8 Å². The molecule has 0 spiro atoms. The summed E-state index contributed by atoms with van der Waals surface area (Å²) in [5.41, 5.74) is 4.75. The van der Waals surface area contributed by atoms with Crippen LogP contribution in [-0.4, -0.2) is 9.55 Å². The van der Waals surface area contributed by atoms with Gasteiger partial charge in [-0.2, -0.15) is 13.2 Å². The molecule has 3 nitrogen and oxygen atoms in total. The van der Waals surface area contributed by atoms with E-state index >= 15 is 0 Å². The third-order valence-corrected chi connectivity index (χ3v) is 3.44. The van der Waals surface area contributed by atoms with Crippen molar-refractivity contribution in [2.75, 3.05) is 5.73 Å². The molecule has 0 atom stereocenters. The molecule has 7 heteroatoms. The summed E-state index contributed by atoms with van der Waals surface area (Å²) in [5, 5.41) is 0.491. The van der Waals surface area contributed by atoms with Gasteiger partial charge in [0.05, 0.1) is 5.56 Å². The summed E-state index contributed by atoms with van der Waals surface area (Å²) in [6.45, 7) is 0. The number of hydrogen-bond acceptors (Lipinski definition) is 3.